The van der Waals surface area contributed by atoms with E-state index in [1.54, 1.807) is 48.8 Å². The molecular weight excluding hydrogens is 404 g/mol. The Morgan fingerprint density at radius 3 is 2.59 bits per heavy atom. The summed E-state index contributed by atoms with van der Waals surface area (Å²) in [7, 11) is -3.26. The third-order valence-corrected chi connectivity index (χ3v) is 6.24. The van der Waals surface area contributed by atoms with Gasteiger partial charge in [-0.25, -0.2) is 8.42 Å². The zero-order valence-electron chi connectivity index (χ0n) is 13.9. The van der Waals surface area contributed by atoms with Gasteiger partial charge >= 0.3 is 0 Å². The molecular formula is C18H12N2O4S3. The van der Waals surface area contributed by atoms with E-state index in [4.69, 9.17) is 16.6 Å². The number of furan rings is 1. The molecule has 0 atom stereocenters. The Kier molecular flexibility index (Phi) is 4.37. The Morgan fingerprint density at radius 1 is 1.22 bits per heavy atom. The van der Waals surface area contributed by atoms with Crippen LogP contribution in [0.1, 0.15) is 5.76 Å². The number of thiocarbonyl (C=S) groups is 1. The minimum absolute atomic E-state index is 0.247. The summed E-state index contributed by atoms with van der Waals surface area (Å²) < 4.78 is 29.6. The van der Waals surface area contributed by atoms with Crippen LogP contribution in [0.25, 0.3) is 28.2 Å². The summed E-state index contributed by atoms with van der Waals surface area (Å²) in [5, 5.41) is 3.34. The van der Waals surface area contributed by atoms with Crippen molar-refractivity contribution in [3.63, 3.8) is 0 Å². The Bertz CT molecular complexity index is 1230. The predicted molar refractivity (Wildman–Crippen MR) is 109 cm³/mol. The third-order valence-electron chi connectivity index (χ3n) is 3.95. The number of aromatic nitrogens is 1. The van der Waals surface area contributed by atoms with Crippen molar-refractivity contribution in [1.82, 2.24) is 10.3 Å². The van der Waals surface area contributed by atoms with Gasteiger partial charge < -0.3 is 9.73 Å². The van der Waals surface area contributed by atoms with Gasteiger partial charge in [0.25, 0.3) is 5.91 Å². The van der Waals surface area contributed by atoms with Crippen molar-refractivity contribution in [2.24, 2.45) is 0 Å². The molecule has 0 bridgehead atoms. The van der Waals surface area contributed by atoms with Crippen LogP contribution in [0.2, 0.25) is 0 Å². The molecule has 0 aliphatic carbocycles. The fraction of sp³-hybridized carbons (Fsp3) is 0.0556. The Balaban J connectivity index is 1.77. The van der Waals surface area contributed by atoms with Crippen LogP contribution in [0.5, 0.6) is 0 Å². The number of rotatable bonds is 3. The third kappa shape index (κ3) is 3.53. The summed E-state index contributed by atoms with van der Waals surface area (Å²) in [6, 6.07) is 8.32. The molecule has 4 rings (SSSR count). The van der Waals surface area contributed by atoms with E-state index in [1.807, 2.05) is 0 Å². The van der Waals surface area contributed by atoms with E-state index in [2.05, 4.69) is 10.3 Å². The molecule has 6 nitrogen and oxygen atoms in total. The fourth-order valence-electron chi connectivity index (χ4n) is 2.69. The van der Waals surface area contributed by atoms with Crippen LogP contribution >= 0.6 is 24.0 Å². The van der Waals surface area contributed by atoms with Crippen molar-refractivity contribution < 1.29 is 17.6 Å². The fourth-order valence-corrected chi connectivity index (χ4v) is 4.35. The average Bonchev–Trinajstić information content (AvgIpc) is 3.16. The number of thioether (sulfide) groups is 1. The molecule has 3 aromatic rings. The number of hydrogen-bond acceptors (Lipinski definition) is 7. The lowest BCUT2D eigenvalue weighted by Crippen LogP contribution is -2.17. The molecule has 1 aliphatic rings. The van der Waals surface area contributed by atoms with Crippen LogP contribution in [0.4, 0.5) is 0 Å². The van der Waals surface area contributed by atoms with E-state index in [0.717, 1.165) is 16.5 Å². The number of sulfone groups is 1. The van der Waals surface area contributed by atoms with Gasteiger partial charge in [0.15, 0.2) is 9.84 Å². The van der Waals surface area contributed by atoms with E-state index < -0.39 is 9.84 Å². The zero-order chi connectivity index (χ0) is 19.2. The minimum Gasteiger partial charge on any atom is -0.456 e. The normalized spacial score (nSPS) is 16.3. The summed E-state index contributed by atoms with van der Waals surface area (Å²) in [6.45, 7) is 0. The summed E-state index contributed by atoms with van der Waals surface area (Å²) in [5.74, 6) is 0.259. The summed E-state index contributed by atoms with van der Waals surface area (Å²) in [5.41, 5.74) is 2.12. The van der Waals surface area contributed by atoms with Crippen molar-refractivity contribution in [2.75, 3.05) is 6.26 Å². The molecule has 9 heteroatoms. The zero-order valence-corrected chi connectivity index (χ0v) is 16.4. The molecule has 1 fully saturated rings. The maximum Gasteiger partial charge on any atom is 0.263 e. The number of carbonyl (C=O) groups excluding carboxylic acids is 1. The number of fused-ring (bicyclic) bond motifs is 1. The second-order valence-corrected chi connectivity index (χ2v) is 9.64. The lowest BCUT2D eigenvalue weighted by molar-refractivity contribution is -0.115. The molecule has 1 amide bonds. The smallest absolute Gasteiger partial charge is 0.263 e. The molecule has 1 saturated heterocycles. The van der Waals surface area contributed by atoms with Crippen molar-refractivity contribution in [3.05, 3.63) is 53.4 Å². The Labute approximate surface area is 164 Å². The van der Waals surface area contributed by atoms with Crippen LogP contribution in [-0.2, 0) is 14.6 Å². The highest BCUT2D eigenvalue weighted by atomic mass is 32.2. The van der Waals surface area contributed by atoms with Crippen LogP contribution < -0.4 is 5.32 Å². The van der Waals surface area contributed by atoms with Crippen LogP contribution in [0, 0.1) is 0 Å². The molecule has 136 valence electrons. The predicted octanol–water partition coefficient (Wildman–Crippen LogP) is 3.39. The van der Waals surface area contributed by atoms with Gasteiger partial charge in [0, 0.05) is 35.7 Å². The summed E-state index contributed by atoms with van der Waals surface area (Å²) in [6.07, 6.45) is 6.13. The first-order valence-corrected chi connectivity index (χ1v) is 10.9. The second-order valence-electron chi connectivity index (χ2n) is 5.90. The van der Waals surface area contributed by atoms with Gasteiger partial charge in [-0.2, -0.15) is 0 Å². The first kappa shape index (κ1) is 17.9. The SMILES string of the molecule is CS(=O)(=O)c1ccc(-c2cncc3cc(/C=C4\SC(=S)NC4=O)oc23)cc1. The van der Waals surface area contributed by atoms with E-state index in [0.29, 0.717) is 20.6 Å². The van der Waals surface area contributed by atoms with Gasteiger partial charge in [-0.1, -0.05) is 36.1 Å². The van der Waals surface area contributed by atoms with E-state index >= 15 is 0 Å². The van der Waals surface area contributed by atoms with Crippen LogP contribution in [-0.4, -0.2) is 29.9 Å². The van der Waals surface area contributed by atoms with Crippen LogP contribution in [0.15, 0.2) is 56.9 Å². The van der Waals surface area contributed by atoms with Gasteiger partial charge in [-0.15, -0.1) is 0 Å². The number of carbonyl (C=O) groups is 1. The Morgan fingerprint density at radius 2 is 1.96 bits per heavy atom. The van der Waals surface area contributed by atoms with E-state index in [9.17, 15) is 13.2 Å². The highest BCUT2D eigenvalue weighted by Crippen LogP contribution is 2.33. The van der Waals surface area contributed by atoms with E-state index in [-0.39, 0.29) is 10.8 Å². The van der Waals surface area contributed by atoms with Crippen molar-refractivity contribution in [2.45, 2.75) is 4.90 Å². The number of hydrogen-bond donors (Lipinski definition) is 1. The quantitative estimate of drug-likeness (QED) is 0.517. The highest BCUT2D eigenvalue weighted by Gasteiger charge is 2.23. The summed E-state index contributed by atoms with van der Waals surface area (Å²) >= 11 is 6.16. The minimum atomic E-state index is -3.26. The molecule has 27 heavy (non-hydrogen) atoms. The molecule has 0 spiro atoms. The van der Waals surface area contributed by atoms with Crippen LogP contribution in [0.3, 0.4) is 0 Å². The summed E-state index contributed by atoms with van der Waals surface area (Å²) in [4.78, 5) is 16.8. The number of nitrogens with one attached hydrogen (secondary N) is 1. The van der Waals surface area contributed by atoms with Gasteiger partial charge in [-0.3, -0.25) is 9.78 Å². The molecule has 0 radical (unpaired) electrons. The lowest BCUT2D eigenvalue weighted by atomic mass is 10.1. The Hall–Kier alpha value is -2.49. The van der Waals surface area contributed by atoms with E-state index in [1.165, 1.54) is 18.0 Å². The first-order valence-electron chi connectivity index (χ1n) is 7.74. The molecule has 0 unspecified atom stereocenters. The van der Waals surface area contributed by atoms with Gasteiger partial charge in [0.2, 0.25) is 0 Å². The monoisotopic (exact) mass is 416 g/mol. The average molecular weight is 417 g/mol. The van der Waals surface area contributed by atoms with Crippen molar-refractivity contribution in [1.29, 1.82) is 0 Å². The number of pyridine rings is 1. The number of amides is 1. The lowest BCUT2D eigenvalue weighted by Gasteiger charge is -2.03. The molecule has 1 N–H and O–H groups in total. The molecule has 1 aromatic carbocycles. The second kappa shape index (κ2) is 6.59. The van der Waals surface area contributed by atoms with Gasteiger partial charge in [-0.05, 0) is 23.8 Å². The topological polar surface area (TPSA) is 89.3 Å². The van der Waals surface area contributed by atoms with Gasteiger partial charge in [0.05, 0.1) is 9.80 Å². The maximum atomic E-state index is 11.8. The van der Waals surface area contributed by atoms with Crippen molar-refractivity contribution in [3.8, 4) is 11.1 Å². The largest absolute Gasteiger partial charge is 0.456 e. The number of nitrogens with zero attached hydrogens (tertiary/aromatic N) is 1. The standard InChI is InChI=1S/C18H12N2O4S3/c1-27(22,23)13-4-2-10(3-5-13)14-9-19-8-11-6-12(24-16(11)14)7-15-17(21)20-18(25)26-15/h2-9H,1H3,(H,20,21,25)/b15-7-. The number of benzene rings is 1. The molecule has 0 saturated carbocycles. The molecule has 2 aromatic heterocycles. The maximum absolute atomic E-state index is 11.8. The van der Waals surface area contributed by atoms with Gasteiger partial charge in [0.1, 0.15) is 15.7 Å². The first-order chi connectivity index (χ1) is 12.8. The molecule has 1 aliphatic heterocycles. The highest BCUT2D eigenvalue weighted by molar-refractivity contribution is 8.26. The van der Waals surface area contributed by atoms with Crippen molar-refractivity contribution >= 4 is 61.1 Å². The molecule has 3 heterocycles.